The fraction of sp³-hybridized carbons (Fsp3) is 0.0909. The normalized spacial score (nSPS) is 10.9. The van der Waals surface area contributed by atoms with Crippen LogP contribution in [0.5, 0.6) is 0 Å². The molecule has 0 atom stereocenters. The zero-order valence-electron chi connectivity index (χ0n) is 15.0. The lowest BCUT2D eigenvalue weighted by atomic mass is 10.1. The van der Waals surface area contributed by atoms with Crippen LogP contribution in [0.3, 0.4) is 0 Å². The molecule has 0 aliphatic carbocycles. The van der Waals surface area contributed by atoms with Gasteiger partial charge in [-0.25, -0.2) is 9.37 Å². The van der Waals surface area contributed by atoms with E-state index in [1.165, 1.54) is 24.3 Å². The number of hydrogen-bond acceptors (Lipinski definition) is 2. The molecule has 3 aromatic carbocycles. The van der Waals surface area contributed by atoms with E-state index in [0.717, 1.165) is 33.5 Å². The van der Waals surface area contributed by atoms with Crippen molar-refractivity contribution in [2.24, 2.45) is 0 Å². The summed E-state index contributed by atoms with van der Waals surface area (Å²) < 4.78 is 13.1. The first-order valence-corrected chi connectivity index (χ1v) is 8.64. The molecular formula is C22H18FN3O. The monoisotopic (exact) mass is 359 g/mol. The van der Waals surface area contributed by atoms with Gasteiger partial charge in [0.15, 0.2) is 0 Å². The van der Waals surface area contributed by atoms with Crippen LogP contribution in [0.1, 0.15) is 21.5 Å². The van der Waals surface area contributed by atoms with E-state index in [1.807, 2.05) is 44.2 Å². The van der Waals surface area contributed by atoms with Crippen LogP contribution in [0.2, 0.25) is 0 Å². The number of anilines is 1. The van der Waals surface area contributed by atoms with E-state index in [9.17, 15) is 9.18 Å². The summed E-state index contributed by atoms with van der Waals surface area (Å²) in [5.41, 5.74) is 5.94. The van der Waals surface area contributed by atoms with Crippen molar-refractivity contribution in [2.75, 3.05) is 5.32 Å². The topological polar surface area (TPSA) is 57.8 Å². The van der Waals surface area contributed by atoms with Crippen LogP contribution < -0.4 is 5.32 Å². The first-order chi connectivity index (χ1) is 13.0. The summed E-state index contributed by atoms with van der Waals surface area (Å²) in [7, 11) is 0. The molecule has 4 nitrogen and oxygen atoms in total. The predicted octanol–water partition coefficient (Wildman–Crippen LogP) is 5.24. The number of rotatable bonds is 3. The highest BCUT2D eigenvalue weighted by Gasteiger charge is 2.11. The molecule has 134 valence electrons. The van der Waals surface area contributed by atoms with Crippen LogP contribution in [0.25, 0.3) is 22.4 Å². The molecule has 0 spiro atoms. The number of hydrogen-bond donors (Lipinski definition) is 2. The third-order valence-electron chi connectivity index (χ3n) is 4.50. The SMILES string of the molecule is Cc1ccc2nc(-c3ccc(C)c(NC(=O)c4ccc(F)cc4)c3)[nH]c2c1. The fourth-order valence-electron chi connectivity index (χ4n) is 2.96. The summed E-state index contributed by atoms with van der Waals surface area (Å²) in [6.45, 7) is 3.96. The first kappa shape index (κ1) is 17.0. The maximum absolute atomic E-state index is 13.1. The van der Waals surface area contributed by atoms with Gasteiger partial charge in [0.1, 0.15) is 11.6 Å². The largest absolute Gasteiger partial charge is 0.338 e. The van der Waals surface area contributed by atoms with Gasteiger partial charge in [-0.1, -0.05) is 18.2 Å². The molecule has 0 fully saturated rings. The van der Waals surface area contributed by atoms with Crippen molar-refractivity contribution in [3.05, 3.63) is 83.2 Å². The highest BCUT2D eigenvalue weighted by atomic mass is 19.1. The molecule has 0 bridgehead atoms. The van der Waals surface area contributed by atoms with Crippen LogP contribution in [0, 0.1) is 19.7 Å². The molecule has 0 aliphatic rings. The summed E-state index contributed by atoms with van der Waals surface area (Å²) in [5, 5.41) is 2.90. The Morgan fingerprint density at radius 3 is 2.56 bits per heavy atom. The van der Waals surface area contributed by atoms with Crippen LogP contribution in [-0.4, -0.2) is 15.9 Å². The van der Waals surface area contributed by atoms with Crippen LogP contribution in [0.4, 0.5) is 10.1 Å². The Morgan fingerprint density at radius 2 is 1.78 bits per heavy atom. The number of halogens is 1. The van der Waals surface area contributed by atoms with Crippen molar-refractivity contribution in [3.8, 4) is 11.4 Å². The Bertz CT molecular complexity index is 1150. The second kappa shape index (κ2) is 6.68. The van der Waals surface area contributed by atoms with Crippen molar-refractivity contribution in [2.45, 2.75) is 13.8 Å². The predicted molar refractivity (Wildman–Crippen MR) is 105 cm³/mol. The molecular weight excluding hydrogens is 341 g/mol. The number of fused-ring (bicyclic) bond motifs is 1. The van der Waals surface area contributed by atoms with Gasteiger partial charge in [0.2, 0.25) is 0 Å². The maximum Gasteiger partial charge on any atom is 0.255 e. The van der Waals surface area contributed by atoms with Gasteiger partial charge >= 0.3 is 0 Å². The Morgan fingerprint density at radius 1 is 1.00 bits per heavy atom. The average Bonchev–Trinajstić information content (AvgIpc) is 3.07. The molecule has 2 N–H and O–H groups in total. The number of imidazole rings is 1. The zero-order chi connectivity index (χ0) is 19.0. The summed E-state index contributed by atoms with van der Waals surface area (Å²) >= 11 is 0. The first-order valence-electron chi connectivity index (χ1n) is 8.64. The molecule has 0 aliphatic heterocycles. The Balaban J connectivity index is 1.66. The molecule has 27 heavy (non-hydrogen) atoms. The van der Waals surface area contributed by atoms with E-state index < -0.39 is 0 Å². The Kier molecular flexibility index (Phi) is 4.20. The molecule has 1 heterocycles. The third kappa shape index (κ3) is 3.44. The van der Waals surface area contributed by atoms with Crippen LogP contribution in [0.15, 0.2) is 60.7 Å². The van der Waals surface area contributed by atoms with Gasteiger partial charge < -0.3 is 10.3 Å². The van der Waals surface area contributed by atoms with E-state index in [2.05, 4.69) is 21.4 Å². The number of aryl methyl sites for hydroxylation is 2. The number of aromatic nitrogens is 2. The molecule has 0 saturated carbocycles. The van der Waals surface area contributed by atoms with Gasteiger partial charge in [0.25, 0.3) is 5.91 Å². The highest BCUT2D eigenvalue weighted by molar-refractivity contribution is 6.04. The Hall–Kier alpha value is -3.47. The van der Waals surface area contributed by atoms with Crippen LogP contribution >= 0.6 is 0 Å². The molecule has 1 amide bonds. The minimum Gasteiger partial charge on any atom is -0.338 e. The molecule has 4 rings (SSSR count). The van der Waals surface area contributed by atoms with Gasteiger partial charge in [-0.15, -0.1) is 0 Å². The fourth-order valence-corrected chi connectivity index (χ4v) is 2.96. The number of carbonyl (C=O) groups is 1. The molecule has 0 unspecified atom stereocenters. The van der Waals surface area contributed by atoms with Gasteiger partial charge in [0.05, 0.1) is 11.0 Å². The summed E-state index contributed by atoms with van der Waals surface area (Å²) in [5.74, 6) is 0.0909. The van der Waals surface area contributed by atoms with Gasteiger partial charge in [-0.2, -0.15) is 0 Å². The number of benzene rings is 3. The smallest absolute Gasteiger partial charge is 0.255 e. The summed E-state index contributed by atoms with van der Waals surface area (Å²) in [4.78, 5) is 20.4. The van der Waals surface area contributed by atoms with Crippen molar-refractivity contribution in [1.29, 1.82) is 0 Å². The van der Waals surface area contributed by atoms with Crippen molar-refractivity contribution in [1.82, 2.24) is 9.97 Å². The van der Waals surface area contributed by atoms with Crippen molar-refractivity contribution >= 4 is 22.6 Å². The molecule has 0 radical (unpaired) electrons. The minimum absolute atomic E-state index is 0.282. The van der Waals surface area contributed by atoms with Crippen molar-refractivity contribution in [3.63, 3.8) is 0 Å². The van der Waals surface area contributed by atoms with Gasteiger partial charge in [0, 0.05) is 16.8 Å². The second-order valence-corrected chi connectivity index (χ2v) is 6.60. The van der Waals surface area contributed by atoms with Crippen molar-refractivity contribution < 1.29 is 9.18 Å². The van der Waals surface area contributed by atoms with E-state index in [0.29, 0.717) is 11.3 Å². The van der Waals surface area contributed by atoms with E-state index in [4.69, 9.17) is 0 Å². The molecule has 0 saturated heterocycles. The lowest BCUT2D eigenvalue weighted by molar-refractivity contribution is 0.102. The quantitative estimate of drug-likeness (QED) is 0.526. The van der Waals surface area contributed by atoms with E-state index in [1.54, 1.807) is 0 Å². The average molecular weight is 359 g/mol. The summed E-state index contributed by atoms with van der Waals surface area (Å²) in [6, 6.07) is 17.3. The lowest BCUT2D eigenvalue weighted by Crippen LogP contribution is -2.12. The molecule has 1 aromatic heterocycles. The number of H-pyrrole nitrogens is 1. The second-order valence-electron chi connectivity index (χ2n) is 6.60. The maximum atomic E-state index is 13.1. The third-order valence-corrected chi connectivity index (χ3v) is 4.50. The summed E-state index contributed by atoms with van der Waals surface area (Å²) in [6.07, 6.45) is 0. The number of amides is 1. The standard InChI is InChI=1S/C22H18FN3O/c1-13-3-10-18-20(11-13)25-21(24-18)16-5-4-14(2)19(12-16)26-22(27)15-6-8-17(23)9-7-15/h3-12H,1-2H3,(H,24,25)(H,26,27). The number of carbonyl (C=O) groups excluding carboxylic acids is 1. The van der Waals surface area contributed by atoms with Gasteiger partial charge in [-0.3, -0.25) is 4.79 Å². The molecule has 5 heteroatoms. The lowest BCUT2D eigenvalue weighted by Gasteiger charge is -2.10. The van der Waals surface area contributed by atoms with E-state index >= 15 is 0 Å². The Labute approximate surface area is 156 Å². The van der Waals surface area contributed by atoms with Gasteiger partial charge in [-0.05, 0) is 67.4 Å². The highest BCUT2D eigenvalue weighted by Crippen LogP contribution is 2.26. The van der Waals surface area contributed by atoms with Crippen LogP contribution in [-0.2, 0) is 0 Å². The minimum atomic E-state index is -0.371. The number of nitrogens with one attached hydrogen (secondary N) is 2. The van der Waals surface area contributed by atoms with E-state index in [-0.39, 0.29) is 11.7 Å². The number of aromatic amines is 1. The number of nitrogens with zero attached hydrogens (tertiary/aromatic N) is 1. The zero-order valence-corrected chi connectivity index (χ0v) is 15.0. The molecule has 4 aromatic rings.